The molecular formula is C11H11FN2O3. The van der Waals surface area contributed by atoms with Crippen LogP contribution >= 0.6 is 0 Å². The third-order valence-corrected chi connectivity index (χ3v) is 2.55. The van der Waals surface area contributed by atoms with Gasteiger partial charge in [-0.25, -0.2) is 4.39 Å². The molecule has 17 heavy (non-hydrogen) atoms. The van der Waals surface area contributed by atoms with Crippen molar-refractivity contribution in [2.45, 2.75) is 6.92 Å². The van der Waals surface area contributed by atoms with Crippen molar-refractivity contribution in [2.75, 3.05) is 23.3 Å². The number of carbonyl (C=O) groups excluding carboxylic acids is 1. The molecule has 2 N–H and O–H groups in total. The zero-order chi connectivity index (χ0) is 12.6. The molecule has 1 aromatic carbocycles. The summed E-state index contributed by atoms with van der Waals surface area (Å²) in [7, 11) is 0. The average Bonchev–Trinajstić information content (AvgIpc) is 2.20. The van der Waals surface area contributed by atoms with Crippen LogP contribution in [0.3, 0.4) is 0 Å². The van der Waals surface area contributed by atoms with Gasteiger partial charge in [0, 0.05) is 0 Å². The third-order valence-electron chi connectivity index (χ3n) is 2.55. The minimum Gasteiger partial charge on any atom is -0.480 e. The second-order valence-corrected chi connectivity index (χ2v) is 3.92. The molecule has 1 aliphatic heterocycles. The number of aryl methyl sites for hydroxylation is 1. The highest BCUT2D eigenvalue weighted by Gasteiger charge is 2.24. The van der Waals surface area contributed by atoms with Crippen molar-refractivity contribution in [2.24, 2.45) is 0 Å². The minimum absolute atomic E-state index is 0.0815. The molecule has 6 heteroatoms. The van der Waals surface area contributed by atoms with Crippen LogP contribution in [0.25, 0.3) is 0 Å². The Bertz CT molecular complexity index is 502. The van der Waals surface area contributed by atoms with E-state index in [2.05, 4.69) is 5.32 Å². The zero-order valence-electron chi connectivity index (χ0n) is 9.16. The van der Waals surface area contributed by atoms with E-state index in [9.17, 15) is 14.0 Å². The van der Waals surface area contributed by atoms with Gasteiger partial charge in [0.1, 0.15) is 12.4 Å². The molecule has 1 amide bonds. The van der Waals surface area contributed by atoms with Gasteiger partial charge >= 0.3 is 5.97 Å². The Kier molecular flexibility index (Phi) is 2.71. The van der Waals surface area contributed by atoms with Crippen LogP contribution in [-0.4, -0.2) is 30.1 Å². The number of carboxylic acid groups (broad SMARTS) is 1. The monoisotopic (exact) mass is 238 g/mol. The van der Waals surface area contributed by atoms with E-state index >= 15 is 0 Å². The normalized spacial score (nSPS) is 14.2. The number of anilines is 2. The number of halogens is 1. The molecule has 0 radical (unpaired) electrons. The van der Waals surface area contributed by atoms with Crippen molar-refractivity contribution >= 4 is 23.3 Å². The molecule has 90 valence electrons. The van der Waals surface area contributed by atoms with Gasteiger partial charge in [0.25, 0.3) is 0 Å². The van der Waals surface area contributed by atoms with E-state index in [1.54, 1.807) is 6.92 Å². The smallest absolute Gasteiger partial charge is 0.323 e. The van der Waals surface area contributed by atoms with Crippen LogP contribution < -0.4 is 10.2 Å². The van der Waals surface area contributed by atoms with E-state index in [4.69, 9.17) is 5.11 Å². The Hall–Kier alpha value is -2.11. The lowest BCUT2D eigenvalue weighted by Crippen LogP contribution is -2.41. The van der Waals surface area contributed by atoms with Crippen LogP contribution in [0.4, 0.5) is 15.8 Å². The fourth-order valence-corrected chi connectivity index (χ4v) is 1.79. The number of benzene rings is 1. The fourth-order valence-electron chi connectivity index (χ4n) is 1.79. The molecule has 0 unspecified atom stereocenters. The SMILES string of the molecule is Cc1cc2c(cc1F)N(CC(=O)O)CC(=O)N2. The summed E-state index contributed by atoms with van der Waals surface area (Å²) < 4.78 is 13.4. The minimum atomic E-state index is -1.06. The van der Waals surface area contributed by atoms with Crippen LogP contribution in [0, 0.1) is 12.7 Å². The van der Waals surface area contributed by atoms with Gasteiger partial charge < -0.3 is 15.3 Å². The molecule has 1 aliphatic rings. The number of nitrogens with one attached hydrogen (secondary N) is 1. The van der Waals surface area contributed by atoms with Crippen LogP contribution in [0.2, 0.25) is 0 Å². The number of hydrogen-bond donors (Lipinski definition) is 2. The van der Waals surface area contributed by atoms with Crippen molar-refractivity contribution in [1.82, 2.24) is 0 Å². The molecule has 0 atom stereocenters. The summed E-state index contributed by atoms with van der Waals surface area (Å²) in [6.45, 7) is 1.17. The first-order chi connectivity index (χ1) is 7.97. The number of carbonyl (C=O) groups is 2. The number of fused-ring (bicyclic) bond motifs is 1. The average molecular weight is 238 g/mol. The topological polar surface area (TPSA) is 69.6 Å². The van der Waals surface area contributed by atoms with Crippen molar-refractivity contribution in [3.05, 3.63) is 23.5 Å². The van der Waals surface area contributed by atoms with Gasteiger partial charge in [-0.3, -0.25) is 9.59 Å². The number of nitrogens with zero attached hydrogens (tertiary/aromatic N) is 1. The first-order valence-electron chi connectivity index (χ1n) is 5.04. The summed E-state index contributed by atoms with van der Waals surface area (Å²) in [6, 6.07) is 2.74. The fraction of sp³-hybridized carbons (Fsp3) is 0.273. The van der Waals surface area contributed by atoms with Gasteiger partial charge in [0.05, 0.1) is 17.9 Å². The second kappa shape index (κ2) is 4.04. The predicted octanol–water partition coefficient (Wildman–Crippen LogP) is 0.977. The van der Waals surface area contributed by atoms with E-state index in [1.807, 2.05) is 0 Å². The summed E-state index contributed by atoms with van der Waals surface area (Å²) in [6.07, 6.45) is 0. The maximum Gasteiger partial charge on any atom is 0.323 e. The van der Waals surface area contributed by atoms with Gasteiger partial charge in [-0.05, 0) is 24.6 Å². The van der Waals surface area contributed by atoms with Crippen molar-refractivity contribution in [3.8, 4) is 0 Å². The highest BCUT2D eigenvalue weighted by Crippen LogP contribution is 2.31. The van der Waals surface area contributed by atoms with Crippen LogP contribution in [0.1, 0.15) is 5.56 Å². The largest absolute Gasteiger partial charge is 0.480 e. The molecule has 0 aliphatic carbocycles. The standard InChI is InChI=1S/C11H11FN2O3/c1-6-2-8-9(3-7(6)12)14(5-11(16)17)4-10(15)13-8/h2-3H,4-5H2,1H3,(H,13,15)(H,16,17). The third kappa shape index (κ3) is 2.20. The molecule has 2 rings (SSSR count). The predicted molar refractivity (Wildman–Crippen MR) is 59.6 cm³/mol. The maximum absolute atomic E-state index is 13.4. The van der Waals surface area contributed by atoms with E-state index in [1.165, 1.54) is 17.0 Å². The van der Waals surface area contributed by atoms with Crippen LogP contribution in [0.5, 0.6) is 0 Å². The van der Waals surface area contributed by atoms with E-state index in [-0.39, 0.29) is 19.0 Å². The lowest BCUT2D eigenvalue weighted by molar-refractivity contribution is -0.135. The number of amides is 1. The summed E-state index contributed by atoms with van der Waals surface area (Å²) in [5.41, 5.74) is 1.25. The molecule has 0 bridgehead atoms. The summed E-state index contributed by atoms with van der Waals surface area (Å²) in [4.78, 5) is 23.4. The molecule has 0 saturated carbocycles. The Morgan fingerprint density at radius 2 is 2.29 bits per heavy atom. The van der Waals surface area contributed by atoms with Crippen molar-refractivity contribution in [1.29, 1.82) is 0 Å². The lowest BCUT2D eigenvalue weighted by Gasteiger charge is -2.29. The van der Waals surface area contributed by atoms with Crippen LogP contribution in [0.15, 0.2) is 12.1 Å². The van der Waals surface area contributed by atoms with Gasteiger partial charge in [-0.15, -0.1) is 0 Å². The number of carboxylic acids is 1. The molecule has 0 aromatic heterocycles. The molecule has 1 aromatic rings. The second-order valence-electron chi connectivity index (χ2n) is 3.92. The molecule has 0 saturated heterocycles. The maximum atomic E-state index is 13.4. The molecule has 0 fully saturated rings. The molecule has 0 spiro atoms. The summed E-state index contributed by atoms with van der Waals surface area (Å²) in [5.74, 6) is -1.79. The Labute approximate surface area is 96.8 Å². The summed E-state index contributed by atoms with van der Waals surface area (Å²) in [5, 5.41) is 11.3. The molecular weight excluding hydrogens is 227 g/mol. The quantitative estimate of drug-likeness (QED) is 0.805. The van der Waals surface area contributed by atoms with E-state index < -0.39 is 11.8 Å². The van der Waals surface area contributed by atoms with E-state index in [0.29, 0.717) is 16.9 Å². The number of rotatable bonds is 2. The van der Waals surface area contributed by atoms with Crippen molar-refractivity contribution in [3.63, 3.8) is 0 Å². The number of hydrogen-bond acceptors (Lipinski definition) is 3. The highest BCUT2D eigenvalue weighted by molar-refractivity contribution is 6.02. The number of aliphatic carboxylic acids is 1. The molecule has 1 heterocycles. The Balaban J connectivity index is 2.44. The zero-order valence-corrected chi connectivity index (χ0v) is 9.16. The van der Waals surface area contributed by atoms with Gasteiger partial charge in [0.2, 0.25) is 5.91 Å². The van der Waals surface area contributed by atoms with Gasteiger partial charge in [-0.2, -0.15) is 0 Å². The first-order valence-corrected chi connectivity index (χ1v) is 5.04. The Morgan fingerprint density at radius 3 is 2.94 bits per heavy atom. The van der Waals surface area contributed by atoms with Gasteiger partial charge in [-0.1, -0.05) is 0 Å². The van der Waals surface area contributed by atoms with E-state index in [0.717, 1.165) is 0 Å². The van der Waals surface area contributed by atoms with Crippen LogP contribution in [-0.2, 0) is 9.59 Å². The first kappa shape index (κ1) is 11.4. The Morgan fingerprint density at radius 1 is 1.59 bits per heavy atom. The van der Waals surface area contributed by atoms with Crippen molar-refractivity contribution < 1.29 is 19.1 Å². The van der Waals surface area contributed by atoms with Gasteiger partial charge in [0.15, 0.2) is 0 Å². The summed E-state index contributed by atoms with van der Waals surface area (Å²) >= 11 is 0. The lowest BCUT2D eigenvalue weighted by atomic mass is 10.1. The molecule has 5 nitrogen and oxygen atoms in total. The highest BCUT2D eigenvalue weighted by atomic mass is 19.1.